The minimum Gasteiger partial charge on any atom is -0.338 e. The van der Waals surface area contributed by atoms with Gasteiger partial charge in [0, 0.05) is 13.1 Å². The lowest BCUT2D eigenvalue weighted by atomic mass is 9.85. The number of amides is 1. The SMILES string of the molecule is CC1CCCCC1N(C)C(=O)c1ccccc1C(F)(F)F. The van der Waals surface area contributed by atoms with E-state index < -0.39 is 17.6 Å². The molecule has 0 heterocycles. The van der Waals surface area contributed by atoms with E-state index in [0.717, 1.165) is 31.7 Å². The lowest BCUT2D eigenvalue weighted by Gasteiger charge is -2.36. The topological polar surface area (TPSA) is 20.3 Å². The molecule has 0 radical (unpaired) electrons. The van der Waals surface area contributed by atoms with Gasteiger partial charge in [0.15, 0.2) is 0 Å². The Labute approximate surface area is 122 Å². The van der Waals surface area contributed by atoms with E-state index in [2.05, 4.69) is 6.92 Å². The molecule has 1 aliphatic rings. The first-order valence-electron chi connectivity index (χ1n) is 7.25. The first-order chi connectivity index (χ1) is 9.82. The van der Waals surface area contributed by atoms with E-state index in [1.54, 1.807) is 7.05 Å². The Kier molecular flexibility index (Phi) is 4.59. The summed E-state index contributed by atoms with van der Waals surface area (Å²) in [7, 11) is 1.61. The normalized spacial score (nSPS) is 22.9. The van der Waals surface area contributed by atoms with Crippen molar-refractivity contribution in [3.8, 4) is 0 Å². The largest absolute Gasteiger partial charge is 0.417 e. The molecule has 0 saturated heterocycles. The van der Waals surface area contributed by atoms with Crippen LogP contribution in [0.5, 0.6) is 0 Å². The Morgan fingerprint density at radius 1 is 1.19 bits per heavy atom. The second-order valence-electron chi connectivity index (χ2n) is 5.79. The van der Waals surface area contributed by atoms with Gasteiger partial charge in [0.25, 0.3) is 5.91 Å². The Morgan fingerprint density at radius 3 is 2.43 bits per heavy atom. The number of benzene rings is 1. The van der Waals surface area contributed by atoms with Crippen molar-refractivity contribution < 1.29 is 18.0 Å². The number of halogens is 3. The minimum atomic E-state index is -4.51. The lowest BCUT2D eigenvalue weighted by molar-refractivity contribution is -0.138. The van der Waals surface area contributed by atoms with Crippen molar-refractivity contribution in [2.45, 2.75) is 44.8 Å². The summed E-state index contributed by atoms with van der Waals surface area (Å²) in [5.41, 5.74) is -1.12. The molecule has 1 aromatic carbocycles. The van der Waals surface area contributed by atoms with Crippen LogP contribution in [-0.2, 0) is 6.18 Å². The fourth-order valence-electron chi connectivity index (χ4n) is 3.13. The number of nitrogens with zero attached hydrogens (tertiary/aromatic N) is 1. The van der Waals surface area contributed by atoms with Crippen LogP contribution in [-0.4, -0.2) is 23.9 Å². The van der Waals surface area contributed by atoms with E-state index in [4.69, 9.17) is 0 Å². The molecular weight excluding hydrogens is 279 g/mol. The molecule has 5 heteroatoms. The van der Waals surface area contributed by atoms with Crippen LogP contribution < -0.4 is 0 Å². The molecule has 1 fully saturated rings. The zero-order chi connectivity index (χ0) is 15.6. The van der Waals surface area contributed by atoms with Crippen LogP contribution in [0.2, 0.25) is 0 Å². The maximum atomic E-state index is 13.0. The summed E-state index contributed by atoms with van der Waals surface area (Å²) in [5.74, 6) is -0.215. The highest BCUT2D eigenvalue weighted by Gasteiger charge is 2.37. The third-order valence-electron chi connectivity index (χ3n) is 4.35. The zero-order valence-electron chi connectivity index (χ0n) is 12.3. The second kappa shape index (κ2) is 6.08. The molecule has 21 heavy (non-hydrogen) atoms. The summed E-state index contributed by atoms with van der Waals surface area (Å²) in [4.78, 5) is 14.0. The van der Waals surface area contributed by atoms with Gasteiger partial charge in [0.1, 0.15) is 0 Å². The number of hydrogen-bond donors (Lipinski definition) is 0. The van der Waals surface area contributed by atoms with Gasteiger partial charge in [0.2, 0.25) is 0 Å². The summed E-state index contributed by atoms with van der Waals surface area (Å²) in [6.07, 6.45) is -0.488. The molecule has 1 saturated carbocycles. The molecule has 0 aliphatic heterocycles. The molecule has 1 aliphatic carbocycles. The summed E-state index contributed by atoms with van der Waals surface area (Å²) < 4.78 is 39.1. The van der Waals surface area contributed by atoms with Gasteiger partial charge in [-0.1, -0.05) is 31.9 Å². The second-order valence-corrected chi connectivity index (χ2v) is 5.79. The molecule has 0 aromatic heterocycles. The number of carbonyl (C=O) groups is 1. The molecule has 1 aromatic rings. The van der Waals surface area contributed by atoms with E-state index in [0.29, 0.717) is 5.92 Å². The maximum Gasteiger partial charge on any atom is 0.417 e. The third-order valence-corrected chi connectivity index (χ3v) is 4.35. The van der Waals surface area contributed by atoms with Crippen molar-refractivity contribution in [2.24, 2.45) is 5.92 Å². The molecular formula is C16H20F3NO. The predicted molar refractivity (Wildman–Crippen MR) is 75.0 cm³/mol. The van der Waals surface area contributed by atoms with Crippen molar-refractivity contribution in [1.82, 2.24) is 4.90 Å². The van der Waals surface area contributed by atoms with E-state index in [1.807, 2.05) is 0 Å². The summed E-state index contributed by atoms with van der Waals surface area (Å²) >= 11 is 0. The summed E-state index contributed by atoms with van der Waals surface area (Å²) in [6, 6.07) is 5.02. The van der Waals surface area contributed by atoms with Crippen molar-refractivity contribution in [2.75, 3.05) is 7.05 Å². The van der Waals surface area contributed by atoms with Crippen molar-refractivity contribution in [3.05, 3.63) is 35.4 Å². The molecule has 2 nitrogen and oxygen atoms in total. The van der Waals surface area contributed by atoms with Gasteiger partial charge in [-0.15, -0.1) is 0 Å². The number of carbonyl (C=O) groups excluding carboxylic acids is 1. The van der Waals surface area contributed by atoms with Crippen molar-refractivity contribution in [3.63, 3.8) is 0 Å². The smallest absolute Gasteiger partial charge is 0.338 e. The number of rotatable bonds is 2. The van der Waals surface area contributed by atoms with E-state index >= 15 is 0 Å². The molecule has 116 valence electrons. The Balaban J connectivity index is 2.28. The Hall–Kier alpha value is -1.52. The lowest BCUT2D eigenvalue weighted by Crippen LogP contribution is -2.43. The molecule has 0 spiro atoms. The molecule has 2 atom stereocenters. The van der Waals surface area contributed by atoms with Gasteiger partial charge < -0.3 is 4.90 Å². The average molecular weight is 299 g/mol. The average Bonchev–Trinajstić information content (AvgIpc) is 2.45. The predicted octanol–water partition coefficient (Wildman–Crippen LogP) is 4.36. The highest BCUT2D eigenvalue weighted by molar-refractivity contribution is 5.96. The monoisotopic (exact) mass is 299 g/mol. The number of hydrogen-bond acceptors (Lipinski definition) is 1. The fraction of sp³-hybridized carbons (Fsp3) is 0.562. The van der Waals surface area contributed by atoms with E-state index in [-0.39, 0.29) is 11.6 Å². The van der Waals surface area contributed by atoms with Gasteiger partial charge in [0.05, 0.1) is 11.1 Å². The van der Waals surface area contributed by atoms with Crippen LogP contribution in [0, 0.1) is 5.92 Å². The molecule has 1 amide bonds. The van der Waals surface area contributed by atoms with Crippen LogP contribution in [0.15, 0.2) is 24.3 Å². The Morgan fingerprint density at radius 2 is 1.81 bits per heavy atom. The van der Waals surface area contributed by atoms with Gasteiger partial charge in [-0.05, 0) is 30.9 Å². The molecule has 2 rings (SSSR count). The van der Waals surface area contributed by atoms with E-state index in [1.165, 1.54) is 23.1 Å². The Bertz CT molecular complexity index is 512. The maximum absolute atomic E-state index is 13.0. The van der Waals surface area contributed by atoms with Crippen molar-refractivity contribution >= 4 is 5.91 Å². The highest BCUT2D eigenvalue weighted by Crippen LogP contribution is 2.34. The molecule has 0 N–H and O–H groups in total. The van der Waals surface area contributed by atoms with Gasteiger partial charge >= 0.3 is 6.18 Å². The summed E-state index contributed by atoms with van der Waals surface area (Å²) in [5, 5.41) is 0. The summed E-state index contributed by atoms with van der Waals surface area (Å²) in [6.45, 7) is 2.06. The van der Waals surface area contributed by atoms with E-state index in [9.17, 15) is 18.0 Å². The molecule has 2 unspecified atom stereocenters. The van der Waals surface area contributed by atoms with Gasteiger partial charge in [-0.3, -0.25) is 4.79 Å². The quantitative estimate of drug-likeness (QED) is 0.794. The zero-order valence-corrected chi connectivity index (χ0v) is 12.3. The third kappa shape index (κ3) is 3.39. The van der Waals surface area contributed by atoms with Crippen LogP contribution in [0.1, 0.15) is 48.5 Å². The van der Waals surface area contributed by atoms with Crippen LogP contribution in [0.3, 0.4) is 0 Å². The fourth-order valence-corrected chi connectivity index (χ4v) is 3.13. The van der Waals surface area contributed by atoms with Crippen LogP contribution in [0.25, 0.3) is 0 Å². The first kappa shape index (κ1) is 15.9. The molecule has 0 bridgehead atoms. The van der Waals surface area contributed by atoms with Crippen LogP contribution >= 0.6 is 0 Å². The minimum absolute atomic E-state index is 0.0209. The van der Waals surface area contributed by atoms with Gasteiger partial charge in [-0.2, -0.15) is 13.2 Å². The van der Waals surface area contributed by atoms with Gasteiger partial charge in [-0.25, -0.2) is 0 Å². The number of alkyl halides is 3. The van der Waals surface area contributed by atoms with Crippen molar-refractivity contribution in [1.29, 1.82) is 0 Å². The van der Waals surface area contributed by atoms with Crippen LogP contribution in [0.4, 0.5) is 13.2 Å². The first-order valence-corrected chi connectivity index (χ1v) is 7.25. The standard InChI is InChI=1S/C16H20F3NO/c1-11-7-3-6-10-14(11)20(2)15(21)12-8-4-5-9-13(12)16(17,18)19/h4-5,8-9,11,14H,3,6-7,10H2,1-2H3. The highest BCUT2D eigenvalue weighted by atomic mass is 19.4.